The predicted octanol–water partition coefficient (Wildman–Crippen LogP) is 3.11. The minimum Gasteiger partial charge on any atom is -0.326 e. The number of benzene rings is 1. The molecular weight excluding hydrogens is 234 g/mol. The highest BCUT2D eigenvalue weighted by atomic mass is 35.5. The molecule has 0 spiro atoms. The van der Waals surface area contributed by atoms with Crippen LogP contribution in [0.25, 0.3) is 5.69 Å². The quantitative estimate of drug-likeness (QED) is 0.908. The largest absolute Gasteiger partial charge is 0.326 e. The van der Waals surface area contributed by atoms with Crippen molar-refractivity contribution in [1.29, 1.82) is 0 Å². The van der Waals surface area contributed by atoms with Crippen LogP contribution in [0.15, 0.2) is 30.5 Å². The third-order valence-electron chi connectivity index (χ3n) is 2.72. The van der Waals surface area contributed by atoms with Crippen molar-refractivity contribution in [2.75, 3.05) is 0 Å². The summed E-state index contributed by atoms with van der Waals surface area (Å²) >= 11 is 6.22. The van der Waals surface area contributed by atoms with Crippen molar-refractivity contribution in [3.05, 3.63) is 46.7 Å². The molecule has 90 valence electrons. The predicted molar refractivity (Wildman–Crippen MR) is 70.6 cm³/mol. The molecule has 4 heteroatoms. The lowest BCUT2D eigenvalue weighted by Crippen LogP contribution is -2.06. The molecular formula is C13H16ClN3. The van der Waals surface area contributed by atoms with Crippen LogP contribution in [0.2, 0.25) is 5.02 Å². The fourth-order valence-corrected chi connectivity index (χ4v) is 2.03. The number of para-hydroxylation sites is 1. The third-order valence-corrected chi connectivity index (χ3v) is 3.03. The van der Waals surface area contributed by atoms with Gasteiger partial charge in [0.2, 0.25) is 0 Å². The molecule has 0 bridgehead atoms. The number of nitrogens with zero attached hydrogens (tertiary/aromatic N) is 2. The minimum atomic E-state index is 0.403. The fraction of sp³-hybridized carbons (Fsp3) is 0.308. The lowest BCUT2D eigenvalue weighted by atomic mass is 10.1. The van der Waals surface area contributed by atoms with Crippen molar-refractivity contribution >= 4 is 11.6 Å². The van der Waals surface area contributed by atoms with Crippen LogP contribution in [0.4, 0.5) is 0 Å². The van der Waals surface area contributed by atoms with Crippen molar-refractivity contribution < 1.29 is 0 Å². The van der Waals surface area contributed by atoms with Gasteiger partial charge in [0.1, 0.15) is 0 Å². The standard InChI is InChI=1S/C13H16ClN3/c1-9(2)12-6-7-17(16-12)13-10(8-15)4-3-5-11(13)14/h3-7,9H,8,15H2,1-2H3. The Labute approximate surface area is 106 Å². The van der Waals surface area contributed by atoms with E-state index in [1.165, 1.54) is 0 Å². The van der Waals surface area contributed by atoms with E-state index in [2.05, 4.69) is 18.9 Å². The summed E-state index contributed by atoms with van der Waals surface area (Å²) in [6.45, 7) is 4.68. The van der Waals surface area contributed by atoms with Gasteiger partial charge in [0.15, 0.2) is 0 Å². The van der Waals surface area contributed by atoms with Gasteiger partial charge in [-0.15, -0.1) is 0 Å². The van der Waals surface area contributed by atoms with E-state index in [9.17, 15) is 0 Å². The van der Waals surface area contributed by atoms with Crippen LogP contribution in [0.1, 0.15) is 31.0 Å². The van der Waals surface area contributed by atoms with E-state index in [4.69, 9.17) is 17.3 Å². The Morgan fingerprint density at radius 3 is 2.71 bits per heavy atom. The molecule has 0 aliphatic rings. The molecule has 0 saturated heterocycles. The van der Waals surface area contributed by atoms with Crippen molar-refractivity contribution in [3.8, 4) is 5.69 Å². The van der Waals surface area contributed by atoms with Gasteiger partial charge >= 0.3 is 0 Å². The molecule has 0 radical (unpaired) electrons. The van der Waals surface area contributed by atoms with Crippen molar-refractivity contribution in [1.82, 2.24) is 9.78 Å². The molecule has 0 aliphatic heterocycles. The van der Waals surface area contributed by atoms with Crippen molar-refractivity contribution in [2.24, 2.45) is 5.73 Å². The Bertz CT molecular complexity index is 517. The molecule has 1 heterocycles. The van der Waals surface area contributed by atoms with E-state index in [1.807, 2.05) is 30.5 Å². The second kappa shape index (κ2) is 4.90. The Morgan fingerprint density at radius 2 is 2.12 bits per heavy atom. The fourth-order valence-electron chi connectivity index (χ4n) is 1.75. The van der Waals surface area contributed by atoms with Gasteiger partial charge in [0, 0.05) is 12.7 Å². The van der Waals surface area contributed by atoms with Crippen LogP contribution in [-0.2, 0) is 6.54 Å². The maximum absolute atomic E-state index is 6.22. The number of hydrogen-bond acceptors (Lipinski definition) is 2. The minimum absolute atomic E-state index is 0.403. The number of nitrogens with two attached hydrogens (primary N) is 1. The molecule has 3 nitrogen and oxygen atoms in total. The lowest BCUT2D eigenvalue weighted by Gasteiger charge is -2.10. The van der Waals surface area contributed by atoms with Gasteiger partial charge in [-0.2, -0.15) is 5.10 Å². The summed E-state index contributed by atoms with van der Waals surface area (Å²) in [5.41, 5.74) is 8.65. The third kappa shape index (κ3) is 2.35. The monoisotopic (exact) mass is 249 g/mol. The summed E-state index contributed by atoms with van der Waals surface area (Å²) in [7, 11) is 0. The molecule has 0 amide bonds. The summed E-state index contributed by atoms with van der Waals surface area (Å²) in [6, 6.07) is 7.74. The molecule has 1 aromatic heterocycles. The van der Waals surface area contributed by atoms with Crippen LogP contribution < -0.4 is 5.73 Å². The maximum Gasteiger partial charge on any atom is 0.0876 e. The second-order valence-corrected chi connectivity index (χ2v) is 4.70. The molecule has 0 aliphatic carbocycles. The van der Waals surface area contributed by atoms with Crippen molar-refractivity contribution in [2.45, 2.75) is 26.3 Å². The van der Waals surface area contributed by atoms with Gasteiger partial charge in [-0.3, -0.25) is 0 Å². The highest BCUT2D eigenvalue weighted by Gasteiger charge is 2.10. The molecule has 2 rings (SSSR count). The SMILES string of the molecule is CC(C)c1ccn(-c2c(Cl)cccc2CN)n1. The molecule has 1 aromatic carbocycles. The molecule has 2 aromatic rings. The smallest absolute Gasteiger partial charge is 0.0876 e. The zero-order valence-electron chi connectivity index (χ0n) is 10.0. The highest BCUT2D eigenvalue weighted by molar-refractivity contribution is 6.32. The topological polar surface area (TPSA) is 43.8 Å². The summed E-state index contributed by atoms with van der Waals surface area (Å²) < 4.78 is 1.81. The van der Waals surface area contributed by atoms with Gasteiger partial charge < -0.3 is 5.73 Å². The molecule has 0 atom stereocenters. The van der Waals surface area contributed by atoms with Crippen LogP contribution in [0, 0.1) is 0 Å². The first-order chi connectivity index (χ1) is 8.13. The Morgan fingerprint density at radius 1 is 1.35 bits per heavy atom. The van der Waals surface area contributed by atoms with Gasteiger partial charge in [0.25, 0.3) is 0 Å². The molecule has 17 heavy (non-hydrogen) atoms. The van der Waals surface area contributed by atoms with E-state index in [-0.39, 0.29) is 0 Å². The van der Waals surface area contributed by atoms with E-state index in [0.717, 1.165) is 16.9 Å². The number of aromatic nitrogens is 2. The van der Waals surface area contributed by atoms with E-state index >= 15 is 0 Å². The number of hydrogen-bond donors (Lipinski definition) is 1. The highest BCUT2D eigenvalue weighted by Crippen LogP contribution is 2.24. The van der Waals surface area contributed by atoms with Gasteiger partial charge in [0.05, 0.1) is 16.4 Å². The van der Waals surface area contributed by atoms with Crippen LogP contribution in [0.3, 0.4) is 0 Å². The first kappa shape index (κ1) is 12.1. The zero-order chi connectivity index (χ0) is 12.4. The zero-order valence-corrected chi connectivity index (χ0v) is 10.8. The molecule has 0 unspecified atom stereocenters. The second-order valence-electron chi connectivity index (χ2n) is 4.29. The van der Waals surface area contributed by atoms with Crippen LogP contribution >= 0.6 is 11.6 Å². The van der Waals surface area contributed by atoms with Gasteiger partial charge in [-0.25, -0.2) is 4.68 Å². The Balaban J connectivity index is 2.51. The van der Waals surface area contributed by atoms with Gasteiger partial charge in [-0.05, 0) is 23.6 Å². The van der Waals surface area contributed by atoms with Crippen LogP contribution in [0.5, 0.6) is 0 Å². The number of halogens is 1. The summed E-state index contributed by atoms with van der Waals surface area (Å²) in [5.74, 6) is 0.403. The average Bonchev–Trinajstić information content (AvgIpc) is 2.77. The Hall–Kier alpha value is -1.32. The first-order valence-electron chi connectivity index (χ1n) is 5.67. The lowest BCUT2D eigenvalue weighted by molar-refractivity contribution is 0.763. The Kier molecular flexibility index (Phi) is 3.50. The molecule has 0 fully saturated rings. The van der Waals surface area contributed by atoms with Crippen LogP contribution in [-0.4, -0.2) is 9.78 Å². The average molecular weight is 250 g/mol. The summed E-state index contributed by atoms with van der Waals surface area (Å²) in [4.78, 5) is 0. The normalized spacial score (nSPS) is 11.1. The summed E-state index contributed by atoms with van der Waals surface area (Å²) in [5, 5.41) is 5.20. The van der Waals surface area contributed by atoms with Gasteiger partial charge in [-0.1, -0.05) is 37.6 Å². The summed E-state index contributed by atoms with van der Waals surface area (Å²) in [6.07, 6.45) is 1.93. The van der Waals surface area contributed by atoms with E-state index in [0.29, 0.717) is 17.5 Å². The maximum atomic E-state index is 6.22. The number of rotatable bonds is 3. The molecule has 2 N–H and O–H groups in total. The van der Waals surface area contributed by atoms with E-state index in [1.54, 1.807) is 4.68 Å². The van der Waals surface area contributed by atoms with Crippen molar-refractivity contribution in [3.63, 3.8) is 0 Å². The van der Waals surface area contributed by atoms with E-state index < -0.39 is 0 Å². The molecule has 0 saturated carbocycles. The first-order valence-corrected chi connectivity index (χ1v) is 6.04.